The largest absolute Gasteiger partial charge is 0.393 e. The fourth-order valence-electron chi connectivity index (χ4n) is 3.78. The molecule has 1 aromatic rings. The van der Waals surface area contributed by atoms with E-state index >= 15 is 0 Å². The van der Waals surface area contributed by atoms with E-state index < -0.39 is 0 Å². The lowest BCUT2D eigenvalue weighted by Crippen LogP contribution is -2.20. The van der Waals surface area contributed by atoms with E-state index in [4.69, 9.17) is 0 Å². The second-order valence-corrected chi connectivity index (χ2v) is 6.44. The van der Waals surface area contributed by atoms with Gasteiger partial charge in [-0.15, -0.1) is 0 Å². The van der Waals surface area contributed by atoms with Crippen molar-refractivity contribution < 1.29 is 5.11 Å². The fourth-order valence-corrected chi connectivity index (χ4v) is 4.46. The van der Waals surface area contributed by atoms with Gasteiger partial charge in [-0.2, -0.15) is 11.3 Å². The minimum absolute atomic E-state index is 0.112. The van der Waals surface area contributed by atoms with E-state index in [1.54, 1.807) is 11.3 Å². The molecule has 2 aliphatic rings. The zero-order chi connectivity index (χ0) is 11.0. The van der Waals surface area contributed by atoms with E-state index in [1.807, 2.05) is 0 Å². The lowest BCUT2D eigenvalue weighted by Gasteiger charge is -2.24. The number of hydrogen-bond acceptors (Lipinski definition) is 2. The van der Waals surface area contributed by atoms with Gasteiger partial charge in [-0.25, -0.2) is 0 Å². The van der Waals surface area contributed by atoms with Crippen molar-refractivity contribution in [1.29, 1.82) is 0 Å². The SMILES string of the molecule is OC(Cc1ccsc1)CC1CC2CCC1C2. The van der Waals surface area contributed by atoms with Crippen LogP contribution in [0.5, 0.6) is 0 Å². The maximum Gasteiger partial charge on any atom is 0.0583 e. The van der Waals surface area contributed by atoms with Gasteiger partial charge in [0.15, 0.2) is 0 Å². The molecule has 0 aromatic carbocycles. The van der Waals surface area contributed by atoms with Crippen molar-refractivity contribution in [3.05, 3.63) is 22.4 Å². The molecule has 0 amide bonds. The normalized spacial score (nSPS) is 34.4. The van der Waals surface area contributed by atoms with Gasteiger partial charge in [-0.3, -0.25) is 0 Å². The third-order valence-electron chi connectivity index (χ3n) is 4.51. The lowest BCUT2D eigenvalue weighted by atomic mass is 9.84. The molecule has 2 fully saturated rings. The zero-order valence-corrected chi connectivity index (χ0v) is 10.5. The van der Waals surface area contributed by atoms with Crippen LogP contribution >= 0.6 is 11.3 Å². The summed E-state index contributed by atoms with van der Waals surface area (Å²) in [7, 11) is 0. The van der Waals surface area contributed by atoms with Gasteiger partial charge >= 0.3 is 0 Å². The molecule has 3 rings (SSSR count). The Labute approximate surface area is 102 Å². The highest BCUT2D eigenvalue weighted by atomic mass is 32.1. The summed E-state index contributed by atoms with van der Waals surface area (Å²) in [5, 5.41) is 14.4. The Balaban J connectivity index is 1.51. The Bertz CT molecular complexity index is 333. The average Bonchev–Trinajstić information content (AvgIpc) is 2.92. The number of rotatable bonds is 4. The molecule has 1 heterocycles. The van der Waals surface area contributed by atoms with Crippen molar-refractivity contribution in [2.45, 2.75) is 44.6 Å². The standard InChI is InChI=1S/C14H20OS/c15-14(7-11-3-4-16-9-11)8-13-6-10-1-2-12(13)5-10/h3-4,9-10,12-15H,1-2,5-8H2. The van der Waals surface area contributed by atoms with Crippen LogP contribution in [0.1, 0.15) is 37.7 Å². The molecule has 16 heavy (non-hydrogen) atoms. The van der Waals surface area contributed by atoms with E-state index in [9.17, 15) is 5.11 Å². The predicted molar refractivity (Wildman–Crippen MR) is 67.6 cm³/mol. The van der Waals surface area contributed by atoms with E-state index in [0.29, 0.717) is 0 Å². The van der Waals surface area contributed by atoms with Gasteiger partial charge in [0.1, 0.15) is 0 Å². The molecule has 0 saturated heterocycles. The number of thiophene rings is 1. The molecule has 88 valence electrons. The summed E-state index contributed by atoms with van der Waals surface area (Å²) in [6.45, 7) is 0. The Morgan fingerprint density at radius 2 is 2.31 bits per heavy atom. The van der Waals surface area contributed by atoms with E-state index in [2.05, 4.69) is 16.8 Å². The minimum Gasteiger partial charge on any atom is -0.393 e. The number of hydrogen-bond donors (Lipinski definition) is 1. The monoisotopic (exact) mass is 236 g/mol. The van der Waals surface area contributed by atoms with Crippen LogP contribution in [-0.2, 0) is 6.42 Å². The first kappa shape index (κ1) is 10.8. The first-order chi connectivity index (χ1) is 7.81. The van der Waals surface area contributed by atoms with Crippen LogP contribution in [0.25, 0.3) is 0 Å². The van der Waals surface area contributed by atoms with Crippen LogP contribution in [0.4, 0.5) is 0 Å². The molecule has 0 radical (unpaired) electrons. The minimum atomic E-state index is -0.112. The van der Waals surface area contributed by atoms with Gasteiger partial charge < -0.3 is 5.11 Å². The Morgan fingerprint density at radius 3 is 2.94 bits per heavy atom. The van der Waals surface area contributed by atoms with Crippen molar-refractivity contribution in [2.24, 2.45) is 17.8 Å². The van der Waals surface area contributed by atoms with Crippen LogP contribution in [-0.4, -0.2) is 11.2 Å². The zero-order valence-electron chi connectivity index (χ0n) is 9.64. The van der Waals surface area contributed by atoms with Crippen LogP contribution < -0.4 is 0 Å². The Hall–Kier alpha value is -0.340. The number of aliphatic hydroxyl groups excluding tert-OH is 1. The van der Waals surface area contributed by atoms with Gasteiger partial charge in [0.25, 0.3) is 0 Å². The molecular formula is C14H20OS. The second kappa shape index (κ2) is 4.50. The molecule has 1 aromatic heterocycles. The highest BCUT2D eigenvalue weighted by Gasteiger charge is 2.39. The highest BCUT2D eigenvalue weighted by molar-refractivity contribution is 7.07. The maximum atomic E-state index is 10.1. The van der Waals surface area contributed by atoms with Gasteiger partial charge in [-0.05, 0) is 72.2 Å². The molecule has 1 nitrogen and oxygen atoms in total. The first-order valence-corrected chi connectivity index (χ1v) is 7.44. The van der Waals surface area contributed by atoms with Gasteiger partial charge in [0.2, 0.25) is 0 Å². The third-order valence-corrected chi connectivity index (χ3v) is 5.24. The Morgan fingerprint density at radius 1 is 1.38 bits per heavy atom. The summed E-state index contributed by atoms with van der Waals surface area (Å²) in [6.07, 6.45) is 7.52. The quantitative estimate of drug-likeness (QED) is 0.848. The summed E-state index contributed by atoms with van der Waals surface area (Å²) >= 11 is 1.73. The number of fused-ring (bicyclic) bond motifs is 2. The molecule has 4 unspecified atom stereocenters. The third kappa shape index (κ3) is 2.18. The summed E-state index contributed by atoms with van der Waals surface area (Å²) in [5.74, 6) is 2.78. The van der Waals surface area contributed by atoms with E-state index in [0.717, 1.165) is 30.6 Å². The van der Waals surface area contributed by atoms with Crippen LogP contribution in [0, 0.1) is 17.8 Å². The summed E-state index contributed by atoms with van der Waals surface area (Å²) < 4.78 is 0. The van der Waals surface area contributed by atoms with Gasteiger partial charge in [0.05, 0.1) is 6.10 Å². The van der Waals surface area contributed by atoms with E-state index in [-0.39, 0.29) is 6.10 Å². The molecule has 0 spiro atoms. The van der Waals surface area contributed by atoms with Gasteiger partial charge in [0, 0.05) is 0 Å². The molecule has 0 aliphatic heterocycles. The lowest BCUT2D eigenvalue weighted by molar-refractivity contribution is 0.125. The molecule has 2 aliphatic carbocycles. The van der Waals surface area contributed by atoms with Crippen molar-refractivity contribution in [3.63, 3.8) is 0 Å². The maximum absolute atomic E-state index is 10.1. The van der Waals surface area contributed by atoms with Crippen LogP contribution in [0.2, 0.25) is 0 Å². The molecule has 4 atom stereocenters. The second-order valence-electron chi connectivity index (χ2n) is 5.66. The molecular weight excluding hydrogens is 216 g/mol. The molecule has 2 heteroatoms. The fraction of sp³-hybridized carbons (Fsp3) is 0.714. The highest BCUT2D eigenvalue weighted by Crippen LogP contribution is 2.49. The molecule has 1 N–H and O–H groups in total. The molecule has 2 bridgehead atoms. The summed E-state index contributed by atoms with van der Waals surface area (Å²) in [5.41, 5.74) is 1.31. The van der Waals surface area contributed by atoms with Crippen molar-refractivity contribution >= 4 is 11.3 Å². The van der Waals surface area contributed by atoms with E-state index in [1.165, 1.54) is 31.2 Å². The van der Waals surface area contributed by atoms with Crippen molar-refractivity contribution in [2.75, 3.05) is 0 Å². The first-order valence-electron chi connectivity index (χ1n) is 6.50. The van der Waals surface area contributed by atoms with Crippen molar-refractivity contribution in [3.8, 4) is 0 Å². The average molecular weight is 236 g/mol. The summed E-state index contributed by atoms with van der Waals surface area (Å²) in [6, 6.07) is 2.13. The van der Waals surface area contributed by atoms with Gasteiger partial charge in [-0.1, -0.05) is 6.42 Å². The van der Waals surface area contributed by atoms with Crippen molar-refractivity contribution in [1.82, 2.24) is 0 Å². The summed E-state index contributed by atoms with van der Waals surface area (Å²) in [4.78, 5) is 0. The number of aliphatic hydroxyl groups is 1. The molecule has 2 saturated carbocycles. The Kier molecular flexibility index (Phi) is 3.03. The topological polar surface area (TPSA) is 20.2 Å². The smallest absolute Gasteiger partial charge is 0.0583 e. The predicted octanol–water partition coefficient (Wildman–Crippen LogP) is 3.48. The van der Waals surface area contributed by atoms with Crippen LogP contribution in [0.3, 0.4) is 0 Å². The van der Waals surface area contributed by atoms with Crippen LogP contribution in [0.15, 0.2) is 16.8 Å².